The smallest absolute Gasteiger partial charge is 0.203 e. The summed E-state index contributed by atoms with van der Waals surface area (Å²) >= 11 is 0. The normalized spacial score (nSPS) is 20.7. The van der Waals surface area contributed by atoms with E-state index in [4.69, 9.17) is 28.4 Å². The molecule has 1 spiro atoms. The molecule has 2 aromatic carbocycles. The van der Waals surface area contributed by atoms with Crippen molar-refractivity contribution in [3.05, 3.63) is 41.0 Å². The number of rotatable bonds is 4. The highest BCUT2D eigenvalue weighted by Crippen LogP contribution is 2.49. The van der Waals surface area contributed by atoms with E-state index in [1.165, 1.54) is 11.1 Å². The molecule has 3 aliphatic rings. The van der Waals surface area contributed by atoms with E-state index in [0.717, 1.165) is 49.7 Å². The van der Waals surface area contributed by atoms with Crippen LogP contribution in [0.5, 0.6) is 28.7 Å². The summed E-state index contributed by atoms with van der Waals surface area (Å²) in [5.74, 6) is 3.51. The van der Waals surface area contributed by atoms with Gasteiger partial charge in [-0.25, -0.2) is 0 Å². The molecular weight excluding hydrogens is 434 g/mol. The molecule has 174 valence electrons. The number of ether oxygens (including phenoxy) is 6. The number of hydrogen-bond acceptors (Lipinski definition) is 7. The van der Waals surface area contributed by atoms with Crippen molar-refractivity contribution in [1.82, 2.24) is 5.32 Å². The fraction of sp³-hybridized carbons (Fsp3) is 0.500. The van der Waals surface area contributed by atoms with Crippen molar-refractivity contribution >= 4 is 12.4 Å². The molecule has 0 aliphatic carbocycles. The van der Waals surface area contributed by atoms with E-state index in [-0.39, 0.29) is 23.9 Å². The second-order valence-corrected chi connectivity index (χ2v) is 8.25. The van der Waals surface area contributed by atoms with E-state index >= 15 is 0 Å². The molecule has 3 aliphatic heterocycles. The molecule has 0 bridgehead atoms. The number of fused-ring (bicyclic) bond motifs is 3. The first-order chi connectivity index (χ1) is 15.2. The van der Waals surface area contributed by atoms with Crippen LogP contribution in [-0.4, -0.2) is 54.3 Å². The molecular formula is C24H30ClNO6. The third-order valence-electron chi connectivity index (χ3n) is 6.71. The Hall–Kier alpha value is -2.35. The molecule has 0 radical (unpaired) electrons. The molecule has 5 rings (SSSR count). The van der Waals surface area contributed by atoms with Crippen molar-refractivity contribution in [3.63, 3.8) is 0 Å². The number of hydrogen-bond donors (Lipinski definition) is 1. The van der Waals surface area contributed by atoms with Crippen LogP contribution in [0.2, 0.25) is 0 Å². The summed E-state index contributed by atoms with van der Waals surface area (Å²) in [4.78, 5) is 0. The molecule has 1 unspecified atom stereocenters. The molecule has 1 fully saturated rings. The van der Waals surface area contributed by atoms with Gasteiger partial charge in [0.05, 0.1) is 27.4 Å². The van der Waals surface area contributed by atoms with E-state index in [9.17, 15) is 0 Å². The number of halogens is 1. The van der Waals surface area contributed by atoms with E-state index < -0.39 is 0 Å². The quantitative estimate of drug-likeness (QED) is 0.742. The van der Waals surface area contributed by atoms with E-state index in [0.29, 0.717) is 30.5 Å². The monoisotopic (exact) mass is 463 g/mol. The highest BCUT2D eigenvalue weighted by molar-refractivity contribution is 5.85. The average Bonchev–Trinajstić information content (AvgIpc) is 2.83. The second kappa shape index (κ2) is 9.25. The largest absolute Gasteiger partial charge is 0.493 e. The number of methoxy groups -OCH3 is 3. The first-order valence-corrected chi connectivity index (χ1v) is 10.7. The van der Waals surface area contributed by atoms with E-state index in [2.05, 4.69) is 17.4 Å². The van der Waals surface area contributed by atoms with Gasteiger partial charge in [-0.05, 0) is 53.8 Å². The van der Waals surface area contributed by atoms with Crippen LogP contribution in [0.1, 0.15) is 35.6 Å². The van der Waals surface area contributed by atoms with Gasteiger partial charge < -0.3 is 33.7 Å². The van der Waals surface area contributed by atoms with Gasteiger partial charge in [0.25, 0.3) is 0 Å². The topological polar surface area (TPSA) is 67.4 Å². The lowest BCUT2D eigenvalue weighted by Crippen LogP contribution is -2.48. The minimum Gasteiger partial charge on any atom is -0.493 e. The Kier molecular flexibility index (Phi) is 6.60. The van der Waals surface area contributed by atoms with Gasteiger partial charge in [-0.1, -0.05) is 0 Å². The summed E-state index contributed by atoms with van der Waals surface area (Å²) in [6, 6.07) is 8.33. The van der Waals surface area contributed by atoms with E-state index in [1.54, 1.807) is 21.3 Å². The lowest BCUT2D eigenvalue weighted by atomic mass is 9.68. The van der Waals surface area contributed by atoms with Crippen molar-refractivity contribution in [3.8, 4) is 28.7 Å². The standard InChI is InChI=1S/C24H29NO6.ClH/c1-26-20-10-15(11-21(27-2)23(20)28-3)22-16-12-18-19(31-9-8-30-18)13-17(16)24(14-25-22)4-6-29-7-5-24;/h10-13,22,25H,4-9,14H2,1-3H3;1H. The fourth-order valence-corrected chi connectivity index (χ4v) is 5.08. The summed E-state index contributed by atoms with van der Waals surface area (Å²) in [7, 11) is 4.90. The van der Waals surface area contributed by atoms with Gasteiger partial charge in [-0.3, -0.25) is 0 Å². The van der Waals surface area contributed by atoms with Crippen LogP contribution < -0.4 is 29.0 Å². The van der Waals surface area contributed by atoms with Crippen LogP contribution in [-0.2, 0) is 10.2 Å². The molecule has 32 heavy (non-hydrogen) atoms. The van der Waals surface area contributed by atoms with Gasteiger partial charge >= 0.3 is 0 Å². The lowest BCUT2D eigenvalue weighted by Gasteiger charge is -2.45. The molecule has 0 saturated carbocycles. The van der Waals surface area contributed by atoms with Crippen LogP contribution in [0.15, 0.2) is 24.3 Å². The van der Waals surface area contributed by atoms with Gasteiger partial charge in [-0.2, -0.15) is 0 Å². The fourth-order valence-electron chi connectivity index (χ4n) is 5.08. The third kappa shape index (κ3) is 3.72. The third-order valence-corrected chi connectivity index (χ3v) is 6.71. The van der Waals surface area contributed by atoms with Gasteiger partial charge in [-0.15, -0.1) is 12.4 Å². The van der Waals surface area contributed by atoms with E-state index in [1.807, 2.05) is 12.1 Å². The molecule has 1 saturated heterocycles. The van der Waals surface area contributed by atoms with Crippen LogP contribution in [0.25, 0.3) is 0 Å². The van der Waals surface area contributed by atoms with Gasteiger partial charge in [0.1, 0.15) is 13.2 Å². The Morgan fingerprint density at radius 3 is 2.06 bits per heavy atom. The second-order valence-electron chi connectivity index (χ2n) is 8.25. The molecule has 1 N–H and O–H groups in total. The molecule has 0 amide bonds. The summed E-state index contributed by atoms with van der Waals surface area (Å²) in [5.41, 5.74) is 3.60. The Labute approximate surface area is 194 Å². The Morgan fingerprint density at radius 2 is 1.47 bits per heavy atom. The van der Waals surface area contributed by atoms with Crippen molar-refractivity contribution in [2.24, 2.45) is 0 Å². The molecule has 8 heteroatoms. The Balaban J connectivity index is 0.00000245. The van der Waals surface area contributed by atoms with Gasteiger partial charge in [0.2, 0.25) is 5.75 Å². The summed E-state index contributed by atoms with van der Waals surface area (Å²) < 4.78 is 34.3. The van der Waals surface area contributed by atoms with Crippen LogP contribution in [0, 0.1) is 0 Å². The summed E-state index contributed by atoms with van der Waals surface area (Å²) in [6.07, 6.45) is 1.96. The summed E-state index contributed by atoms with van der Waals surface area (Å²) in [6.45, 7) is 3.54. The minimum absolute atomic E-state index is 0. The minimum atomic E-state index is -0.0343. The van der Waals surface area contributed by atoms with Crippen LogP contribution in [0.4, 0.5) is 0 Å². The lowest BCUT2D eigenvalue weighted by molar-refractivity contribution is 0.0458. The van der Waals surface area contributed by atoms with Crippen molar-refractivity contribution < 1.29 is 28.4 Å². The zero-order chi connectivity index (χ0) is 21.4. The van der Waals surface area contributed by atoms with Crippen molar-refractivity contribution in [2.75, 3.05) is 54.3 Å². The number of benzene rings is 2. The SMILES string of the molecule is COc1cc(C2NCC3(CCOCC3)c3cc4c(cc32)OCCO4)cc(OC)c1OC.Cl. The molecule has 7 nitrogen and oxygen atoms in total. The predicted molar refractivity (Wildman–Crippen MR) is 122 cm³/mol. The maximum atomic E-state index is 5.93. The van der Waals surface area contributed by atoms with Gasteiger partial charge in [0, 0.05) is 25.2 Å². The van der Waals surface area contributed by atoms with Crippen molar-refractivity contribution in [1.29, 1.82) is 0 Å². The number of nitrogens with one attached hydrogen (secondary N) is 1. The zero-order valence-electron chi connectivity index (χ0n) is 18.7. The highest BCUT2D eigenvalue weighted by atomic mass is 35.5. The first-order valence-electron chi connectivity index (χ1n) is 10.7. The van der Waals surface area contributed by atoms with Crippen molar-refractivity contribution in [2.45, 2.75) is 24.3 Å². The maximum Gasteiger partial charge on any atom is 0.203 e. The Morgan fingerprint density at radius 1 is 0.844 bits per heavy atom. The molecule has 2 aromatic rings. The molecule has 0 aromatic heterocycles. The summed E-state index contributed by atoms with van der Waals surface area (Å²) in [5, 5.41) is 3.80. The highest BCUT2D eigenvalue weighted by Gasteiger charge is 2.42. The van der Waals surface area contributed by atoms with Crippen LogP contribution >= 0.6 is 12.4 Å². The first kappa shape index (κ1) is 22.8. The Bertz CT molecular complexity index is 950. The van der Waals surface area contributed by atoms with Gasteiger partial charge in [0.15, 0.2) is 23.0 Å². The maximum absolute atomic E-state index is 5.93. The predicted octanol–water partition coefficient (Wildman–Crippen LogP) is 3.65. The van der Waals surface area contributed by atoms with Crippen LogP contribution in [0.3, 0.4) is 0 Å². The average molecular weight is 464 g/mol. The molecule has 1 atom stereocenters. The molecule has 3 heterocycles. The zero-order valence-corrected chi connectivity index (χ0v) is 19.5.